The molecule has 1 aromatic heterocycles. The largest absolute Gasteiger partial charge is 0.256 e. The molecule has 0 radical (unpaired) electrons. The molecule has 9 heavy (non-hydrogen) atoms. The quantitative estimate of drug-likeness (QED) is 0.658. The van der Waals surface area contributed by atoms with Crippen LogP contribution in [0.1, 0.15) is 5.69 Å². The topological polar surface area (TPSA) is 25.8 Å². The first-order valence-corrected chi connectivity index (χ1v) is 3.68. The number of aromatic nitrogens is 2. The number of nitrogens with zero attached hydrogens (tertiary/aromatic N) is 2. The van der Waals surface area contributed by atoms with Crippen molar-refractivity contribution in [1.82, 2.24) is 9.97 Å². The van der Waals surface area contributed by atoms with Crippen molar-refractivity contribution in [2.75, 3.05) is 0 Å². The minimum absolute atomic E-state index is 0.397. The summed E-state index contributed by atoms with van der Waals surface area (Å²) in [5.41, 5.74) is 0.777. The number of hydrogen-bond acceptors (Lipinski definition) is 2. The van der Waals surface area contributed by atoms with Gasteiger partial charge in [0, 0.05) is 12.4 Å². The van der Waals surface area contributed by atoms with Crippen LogP contribution in [0.25, 0.3) is 0 Å². The molecule has 0 atom stereocenters. The zero-order valence-corrected chi connectivity index (χ0v) is 6.85. The summed E-state index contributed by atoms with van der Waals surface area (Å²) in [7, 11) is 0. The monoisotopic (exact) mass is 206 g/mol. The molecule has 0 amide bonds. The molecule has 1 aromatic rings. The Labute approximate surface area is 66.4 Å². The molecular formula is C5H4BrClN2. The van der Waals surface area contributed by atoms with E-state index in [1.54, 1.807) is 12.4 Å². The molecule has 0 saturated carbocycles. The second-order valence-corrected chi connectivity index (χ2v) is 2.45. The Bertz CT molecular complexity index is 204. The van der Waals surface area contributed by atoms with Gasteiger partial charge < -0.3 is 0 Å². The van der Waals surface area contributed by atoms with Gasteiger partial charge in [-0.25, -0.2) is 4.98 Å². The third kappa shape index (κ3) is 1.63. The van der Waals surface area contributed by atoms with Gasteiger partial charge in [-0.3, -0.25) is 4.98 Å². The van der Waals surface area contributed by atoms with Gasteiger partial charge in [-0.05, 0) is 15.9 Å². The van der Waals surface area contributed by atoms with Gasteiger partial charge in [0.25, 0.3) is 0 Å². The van der Waals surface area contributed by atoms with E-state index >= 15 is 0 Å². The van der Waals surface area contributed by atoms with Crippen molar-refractivity contribution in [2.24, 2.45) is 0 Å². The molecule has 0 spiro atoms. The van der Waals surface area contributed by atoms with E-state index in [9.17, 15) is 0 Å². The molecule has 0 aromatic carbocycles. The lowest BCUT2D eigenvalue weighted by atomic mass is 10.5. The first kappa shape index (κ1) is 6.96. The minimum atomic E-state index is 0.397. The fourth-order valence-corrected chi connectivity index (χ4v) is 1.16. The first-order chi connectivity index (χ1) is 4.34. The molecule has 0 bridgehead atoms. The van der Waals surface area contributed by atoms with Gasteiger partial charge in [0.15, 0.2) is 0 Å². The number of halogens is 2. The standard InChI is InChI=1S/C5H4BrClN2/c6-5-4(3-7)8-1-2-9-5/h1-2H,3H2. The SMILES string of the molecule is ClCc1nccnc1Br. The Morgan fingerprint density at radius 2 is 2.11 bits per heavy atom. The third-order valence-electron chi connectivity index (χ3n) is 0.850. The van der Waals surface area contributed by atoms with Gasteiger partial charge in [0.2, 0.25) is 0 Å². The molecule has 0 fully saturated rings. The van der Waals surface area contributed by atoms with Crippen molar-refractivity contribution in [3.05, 3.63) is 22.7 Å². The lowest BCUT2D eigenvalue weighted by molar-refractivity contribution is 1.06. The first-order valence-electron chi connectivity index (χ1n) is 2.36. The van der Waals surface area contributed by atoms with Crippen LogP contribution >= 0.6 is 27.5 Å². The molecule has 0 aliphatic heterocycles. The predicted molar refractivity (Wildman–Crippen MR) is 39.3 cm³/mol. The summed E-state index contributed by atoms with van der Waals surface area (Å²) >= 11 is 8.70. The normalized spacial score (nSPS) is 9.56. The van der Waals surface area contributed by atoms with E-state index in [0.29, 0.717) is 5.88 Å². The van der Waals surface area contributed by atoms with E-state index in [4.69, 9.17) is 11.6 Å². The fraction of sp³-hybridized carbons (Fsp3) is 0.200. The van der Waals surface area contributed by atoms with Crippen molar-refractivity contribution < 1.29 is 0 Å². The summed E-state index contributed by atoms with van der Waals surface area (Å²) in [5, 5.41) is 0. The van der Waals surface area contributed by atoms with Gasteiger partial charge in [0.1, 0.15) is 4.60 Å². The number of rotatable bonds is 1. The van der Waals surface area contributed by atoms with Gasteiger partial charge >= 0.3 is 0 Å². The summed E-state index contributed by atoms with van der Waals surface area (Å²) in [6.07, 6.45) is 3.22. The van der Waals surface area contributed by atoms with E-state index in [1.165, 1.54) is 0 Å². The Balaban J connectivity index is 3.01. The second-order valence-electron chi connectivity index (χ2n) is 1.43. The third-order valence-corrected chi connectivity index (χ3v) is 1.77. The summed E-state index contributed by atoms with van der Waals surface area (Å²) < 4.78 is 0.722. The maximum atomic E-state index is 5.50. The van der Waals surface area contributed by atoms with Crippen LogP contribution in [-0.2, 0) is 5.88 Å². The summed E-state index contributed by atoms with van der Waals surface area (Å²) in [4.78, 5) is 7.88. The molecule has 0 aliphatic carbocycles. The lowest BCUT2D eigenvalue weighted by Crippen LogP contribution is -1.87. The summed E-state index contributed by atoms with van der Waals surface area (Å²) in [5.74, 6) is 0.397. The van der Waals surface area contributed by atoms with Gasteiger partial charge in [-0.15, -0.1) is 11.6 Å². The summed E-state index contributed by atoms with van der Waals surface area (Å²) in [6, 6.07) is 0. The van der Waals surface area contributed by atoms with E-state index in [2.05, 4.69) is 25.9 Å². The molecule has 4 heteroatoms. The predicted octanol–water partition coefficient (Wildman–Crippen LogP) is 1.98. The average molecular weight is 207 g/mol. The van der Waals surface area contributed by atoms with Crippen molar-refractivity contribution in [3.63, 3.8) is 0 Å². The van der Waals surface area contributed by atoms with E-state index in [-0.39, 0.29) is 0 Å². The van der Waals surface area contributed by atoms with Crippen molar-refractivity contribution in [2.45, 2.75) is 5.88 Å². The molecule has 48 valence electrons. The van der Waals surface area contributed by atoms with E-state index in [0.717, 1.165) is 10.3 Å². The van der Waals surface area contributed by atoms with Crippen LogP contribution in [0.4, 0.5) is 0 Å². The molecule has 0 unspecified atom stereocenters. The van der Waals surface area contributed by atoms with E-state index in [1.807, 2.05) is 0 Å². The van der Waals surface area contributed by atoms with Crippen LogP contribution in [0.3, 0.4) is 0 Å². The zero-order valence-electron chi connectivity index (χ0n) is 4.51. The van der Waals surface area contributed by atoms with Crippen molar-refractivity contribution in [1.29, 1.82) is 0 Å². The molecule has 0 aliphatic rings. The van der Waals surface area contributed by atoms with Gasteiger partial charge in [-0.2, -0.15) is 0 Å². The van der Waals surface area contributed by atoms with Crippen LogP contribution in [0.15, 0.2) is 17.0 Å². The van der Waals surface area contributed by atoms with Crippen LogP contribution in [0.5, 0.6) is 0 Å². The smallest absolute Gasteiger partial charge is 0.128 e. The Morgan fingerprint density at radius 1 is 1.44 bits per heavy atom. The molecule has 1 heterocycles. The second kappa shape index (κ2) is 3.13. The maximum Gasteiger partial charge on any atom is 0.128 e. The number of hydrogen-bond donors (Lipinski definition) is 0. The highest BCUT2D eigenvalue weighted by Crippen LogP contribution is 2.10. The molecule has 1 rings (SSSR count). The highest BCUT2D eigenvalue weighted by Gasteiger charge is 1.96. The lowest BCUT2D eigenvalue weighted by Gasteiger charge is -1.93. The van der Waals surface area contributed by atoms with Crippen LogP contribution < -0.4 is 0 Å². The Morgan fingerprint density at radius 3 is 2.56 bits per heavy atom. The number of alkyl halides is 1. The maximum absolute atomic E-state index is 5.50. The van der Waals surface area contributed by atoms with Gasteiger partial charge in [0.05, 0.1) is 11.6 Å². The fourth-order valence-electron chi connectivity index (χ4n) is 0.439. The molecule has 0 N–H and O–H groups in total. The highest BCUT2D eigenvalue weighted by atomic mass is 79.9. The van der Waals surface area contributed by atoms with E-state index < -0.39 is 0 Å². The summed E-state index contributed by atoms with van der Waals surface area (Å²) in [6.45, 7) is 0. The minimum Gasteiger partial charge on any atom is -0.256 e. The molecular weight excluding hydrogens is 203 g/mol. The molecule has 0 saturated heterocycles. The van der Waals surface area contributed by atoms with Crippen LogP contribution in [0, 0.1) is 0 Å². The highest BCUT2D eigenvalue weighted by molar-refractivity contribution is 9.10. The van der Waals surface area contributed by atoms with Crippen molar-refractivity contribution >= 4 is 27.5 Å². The Kier molecular flexibility index (Phi) is 2.42. The van der Waals surface area contributed by atoms with Crippen LogP contribution in [-0.4, -0.2) is 9.97 Å². The van der Waals surface area contributed by atoms with Gasteiger partial charge in [-0.1, -0.05) is 0 Å². The van der Waals surface area contributed by atoms with Crippen LogP contribution in [0.2, 0.25) is 0 Å². The molecule has 2 nitrogen and oxygen atoms in total. The Hall–Kier alpha value is -0.150. The average Bonchev–Trinajstić information content (AvgIpc) is 1.89. The van der Waals surface area contributed by atoms with Crippen molar-refractivity contribution in [3.8, 4) is 0 Å². The zero-order chi connectivity index (χ0) is 6.69.